The average molecular weight is 339 g/mol. The van der Waals surface area contributed by atoms with Crippen molar-refractivity contribution in [1.29, 1.82) is 0 Å². The molecular weight excluding hydrogens is 318 g/mol. The molecule has 2 aromatic rings. The first-order chi connectivity index (χ1) is 12.0. The Balaban J connectivity index is 1.59. The Kier molecular flexibility index (Phi) is 5.03. The molecule has 2 N–H and O–H groups in total. The number of benzene rings is 2. The number of phenolic OH excluding ortho intramolecular Hbond substituents is 1. The van der Waals surface area contributed by atoms with Crippen molar-refractivity contribution < 1.29 is 19.4 Å². The molecule has 0 spiro atoms. The predicted molar refractivity (Wildman–Crippen MR) is 93.4 cm³/mol. The number of aryl methyl sites for hydroxylation is 2. The van der Waals surface area contributed by atoms with Crippen molar-refractivity contribution in [2.24, 2.45) is 0 Å². The van der Waals surface area contributed by atoms with E-state index in [2.05, 4.69) is 11.4 Å². The molecule has 1 atom stereocenters. The van der Waals surface area contributed by atoms with Crippen LogP contribution in [0.1, 0.15) is 45.9 Å². The molecule has 25 heavy (non-hydrogen) atoms. The third-order valence-electron chi connectivity index (χ3n) is 4.41. The maximum absolute atomic E-state index is 12.2. The van der Waals surface area contributed by atoms with Crippen LogP contribution in [0.2, 0.25) is 0 Å². The van der Waals surface area contributed by atoms with Crippen molar-refractivity contribution in [3.8, 4) is 5.75 Å². The highest BCUT2D eigenvalue weighted by atomic mass is 16.5. The summed E-state index contributed by atoms with van der Waals surface area (Å²) in [5.74, 6) is -1.21. The number of hydrogen-bond acceptors (Lipinski definition) is 4. The lowest BCUT2D eigenvalue weighted by molar-refractivity contribution is -0.125. The van der Waals surface area contributed by atoms with E-state index in [-0.39, 0.29) is 29.9 Å². The van der Waals surface area contributed by atoms with Crippen LogP contribution in [-0.2, 0) is 16.0 Å². The summed E-state index contributed by atoms with van der Waals surface area (Å²) in [7, 11) is 0. The van der Waals surface area contributed by atoms with E-state index in [4.69, 9.17) is 4.74 Å². The summed E-state index contributed by atoms with van der Waals surface area (Å²) in [5.41, 5.74) is 3.27. The number of amides is 1. The van der Waals surface area contributed by atoms with Crippen LogP contribution < -0.4 is 5.32 Å². The minimum atomic E-state index is -0.708. The number of ether oxygens (including phenoxy) is 1. The number of rotatable bonds is 4. The number of fused-ring (bicyclic) bond motifs is 1. The van der Waals surface area contributed by atoms with Gasteiger partial charge in [-0.1, -0.05) is 35.9 Å². The largest absolute Gasteiger partial charge is 0.507 e. The van der Waals surface area contributed by atoms with Crippen molar-refractivity contribution in [3.63, 3.8) is 0 Å². The monoisotopic (exact) mass is 339 g/mol. The molecular formula is C20H21NO4. The van der Waals surface area contributed by atoms with Gasteiger partial charge in [-0.15, -0.1) is 0 Å². The van der Waals surface area contributed by atoms with Gasteiger partial charge in [0.2, 0.25) is 0 Å². The van der Waals surface area contributed by atoms with Crippen LogP contribution in [0.15, 0.2) is 42.5 Å². The quantitative estimate of drug-likeness (QED) is 0.840. The summed E-state index contributed by atoms with van der Waals surface area (Å²) in [6, 6.07) is 12.7. The number of carbonyl (C=O) groups is 2. The van der Waals surface area contributed by atoms with E-state index in [0.29, 0.717) is 0 Å². The standard InChI is InChI=1S/C20H21NO4/c1-13-9-10-18(22)16(11-13)20(24)25-12-19(23)21-17-8-4-6-14-5-2-3-7-15(14)17/h2-3,5,7,9-11,17,22H,4,6,8,12H2,1H3,(H,21,23)/t17-/m0/s1. The Bertz CT molecular complexity index is 800. The number of carbonyl (C=O) groups excluding carboxylic acids is 2. The number of aromatic hydroxyl groups is 1. The number of esters is 1. The third kappa shape index (κ3) is 3.99. The first kappa shape index (κ1) is 17.0. The molecule has 0 saturated heterocycles. The van der Waals surface area contributed by atoms with E-state index in [1.165, 1.54) is 17.7 Å². The molecule has 5 nitrogen and oxygen atoms in total. The van der Waals surface area contributed by atoms with Gasteiger partial charge in [-0.2, -0.15) is 0 Å². The maximum atomic E-state index is 12.2. The van der Waals surface area contributed by atoms with Crippen LogP contribution in [0.5, 0.6) is 5.75 Å². The number of nitrogens with one attached hydrogen (secondary N) is 1. The van der Waals surface area contributed by atoms with Crippen molar-refractivity contribution in [1.82, 2.24) is 5.32 Å². The van der Waals surface area contributed by atoms with Crippen LogP contribution >= 0.6 is 0 Å². The normalized spacial score (nSPS) is 16.0. The van der Waals surface area contributed by atoms with Gasteiger partial charge in [0.25, 0.3) is 5.91 Å². The van der Waals surface area contributed by atoms with Crippen LogP contribution in [0.4, 0.5) is 0 Å². The average Bonchev–Trinajstić information content (AvgIpc) is 2.62. The molecule has 0 heterocycles. The van der Waals surface area contributed by atoms with Gasteiger partial charge in [0, 0.05) is 0 Å². The fraction of sp³-hybridized carbons (Fsp3) is 0.300. The second kappa shape index (κ2) is 7.38. The molecule has 0 saturated carbocycles. The Morgan fingerprint density at radius 3 is 2.88 bits per heavy atom. The Hall–Kier alpha value is -2.82. The third-order valence-corrected chi connectivity index (χ3v) is 4.41. The zero-order chi connectivity index (χ0) is 17.8. The smallest absolute Gasteiger partial charge is 0.342 e. The van der Waals surface area contributed by atoms with Crippen molar-refractivity contribution in [3.05, 3.63) is 64.7 Å². The minimum Gasteiger partial charge on any atom is -0.507 e. The summed E-state index contributed by atoms with van der Waals surface area (Å²) < 4.78 is 5.04. The molecule has 0 radical (unpaired) electrons. The van der Waals surface area contributed by atoms with Crippen molar-refractivity contribution in [2.45, 2.75) is 32.2 Å². The second-order valence-electron chi connectivity index (χ2n) is 6.31. The SMILES string of the molecule is Cc1ccc(O)c(C(=O)OCC(=O)N[C@H]2CCCc3ccccc32)c1. The molecule has 1 aliphatic rings. The molecule has 2 aromatic carbocycles. The van der Waals surface area contributed by atoms with Gasteiger partial charge in [-0.25, -0.2) is 4.79 Å². The van der Waals surface area contributed by atoms with Gasteiger partial charge >= 0.3 is 5.97 Å². The van der Waals surface area contributed by atoms with E-state index in [0.717, 1.165) is 30.4 Å². The summed E-state index contributed by atoms with van der Waals surface area (Å²) in [4.78, 5) is 24.2. The van der Waals surface area contributed by atoms with Gasteiger partial charge in [0.15, 0.2) is 6.61 Å². The molecule has 0 aromatic heterocycles. The topological polar surface area (TPSA) is 75.6 Å². The molecule has 0 fully saturated rings. The predicted octanol–water partition coefficient (Wildman–Crippen LogP) is 3.05. The lowest BCUT2D eigenvalue weighted by atomic mass is 9.88. The van der Waals surface area contributed by atoms with Gasteiger partial charge < -0.3 is 15.2 Å². The van der Waals surface area contributed by atoms with Crippen LogP contribution in [0, 0.1) is 6.92 Å². The molecule has 1 amide bonds. The van der Waals surface area contributed by atoms with E-state index in [1.807, 2.05) is 25.1 Å². The molecule has 1 aliphatic carbocycles. The number of hydrogen-bond donors (Lipinski definition) is 2. The van der Waals surface area contributed by atoms with Crippen molar-refractivity contribution >= 4 is 11.9 Å². The highest BCUT2D eigenvalue weighted by Crippen LogP contribution is 2.29. The van der Waals surface area contributed by atoms with E-state index < -0.39 is 5.97 Å². The Morgan fingerprint density at radius 1 is 1.24 bits per heavy atom. The van der Waals surface area contributed by atoms with E-state index >= 15 is 0 Å². The first-order valence-electron chi connectivity index (χ1n) is 8.38. The summed E-state index contributed by atoms with van der Waals surface area (Å²) in [5, 5.41) is 12.7. The van der Waals surface area contributed by atoms with Gasteiger partial charge in [0.05, 0.1) is 6.04 Å². The Morgan fingerprint density at radius 2 is 2.04 bits per heavy atom. The molecule has 0 unspecified atom stereocenters. The van der Waals surface area contributed by atoms with Crippen LogP contribution in [-0.4, -0.2) is 23.6 Å². The fourth-order valence-electron chi connectivity index (χ4n) is 3.16. The van der Waals surface area contributed by atoms with Crippen molar-refractivity contribution in [2.75, 3.05) is 6.61 Å². The van der Waals surface area contributed by atoms with Crippen LogP contribution in [0.3, 0.4) is 0 Å². The summed E-state index contributed by atoms with van der Waals surface area (Å²) >= 11 is 0. The molecule has 3 rings (SSSR count). The zero-order valence-corrected chi connectivity index (χ0v) is 14.1. The molecule has 0 aliphatic heterocycles. The highest BCUT2D eigenvalue weighted by molar-refractivity contribution is 5.94. The maximum Gasteiger partial charge on any atom is 0.342 e. The van der Waals surface area contributed by atoms with Gasteiger partial charge in [-0.05, 0) is 49.4 Å². The first-order valence-corrected chi connectivity index (χ1v) is 8.38. The zero-order valence-electron chi connectivity index (χ0n) is 14.1. The summed E-state index contributed by atoms with van der Waals surface area (Å²) in [6.07, 6.45) is 2.90. The molecule has 5 heteroatoms. The lowest BCUT2D eigenvalue weighted by Crippen LogP contribution is -2.34. The highest BCUT2D eigenvalue weighted by Gasteiger charge is 2.22. The lowest BCUT2D eigenvalue weighted by Gasteiger charge is -2.26. The molecule has 0 bridgehead atoms. The minimum absolute atomic E-state index is 0.0523. The number of phenols is 1. The fourth-order valence-corrected chi connectivity index (χ4v) is 3.16. The second-order valence-corrected chi connectivity index (χ2v) is 6.31. The summed E-state index contributed by atoms with van der Waals surface area (Å²) in [6.45, 7) is 1.44. The van der Waals surface area contributed by atoms with E-state index in [1.54, 1.807) is 6.07 Å². The van der Waals surface area contributed by atoms with Crippen LogP contribution in [0.25, 0.3) is 0 Å². The Labute approximate surface area is 146 Å². The van der Waals surface area contributed by atoms with Gasteiger partial charge in [-0.3, -0.25) is 4.79 Å². The van der Waals surface area contributed by atoms with E-state index in [9.17, 15) is 14.7 Å². The van der Waals surface area contributed by atoms with Gasteiger partial charge in [0.1, 0.15) is 11.3 Å². The molecule has 130 valence electrons.